The van der Waals surface area contributed by atoms with Gasteiger partial charge in [0.15, 0.2) is 0 Å². The molecule has 0 saturated heterocycles. The third-order valence-electron chi connectivity index (χ3n) is 3.35. The first-order chi connectivity index (χ1) is 8.08. The SMILES string of the molecule is Cc1ccc(NC(=O)C2CCCC2N)cc1Cl. The Morgan fingerprint density at radius 1 is 1.47 bits per heavy atom. The second kappa shape index (κ2) is 5.07. The summed E-state index contributed by atoms with van der Waals surface area (Å²) >= 11 is 6.01. The summed E-state index contributed by atoms with van der Waals surface area (Å²) in [5, 5.41) is 3.54. The lowest BCUT2D eigenvalue weighted by Crippen LogP contribution is -2.34. The Morgan fingerprint density at radius 3 is 2.82 bits per heavy atom. The van der Waals surface area contributed by atoms with Crippen LogP contribution in [0.1, 0.15) is 24.8 Å². The predicted molar refractivity (Wildman–Crippen MR) is 70.1 cm³/mol. The summed E-state index contributed by atoms with van der Waals surface area (Å²) in [6.45, 7) is 1.93. The van der Waals surface area contributed by atoms with Gasteiger partial charge in [0.2, 0.25) is 5.91 Å². The average molecular weight is 253 g/mol. The molecule has 1 aromatic rings. The number of halogens is 1. The fourth-order valence-corrected chi connectivity index (χ4v) is 2.40. The monoisotopic (exact) mass is 252 g/mol. The maximum Gasteiger partial charge on any atom is 0.229 e. The summed E-state index contributed by atoms with van der Waals surface area (Å²) in [5.74, 6) is -0.0509. The molecule has 0 aromatic heterocycles. The second-order valence-corrected chi connectivity index (χ2v) is 5.06. The van der Waals surface area contributed by atoms with Crippen molar-refractivity contribution < 1.29 is 4.79 Å². The van der Waals surface area contributed by atoms with Crippen LogP contribution < -0.4 is 11.1 Å². The van der Waals surface area contributed by atoms with Crippen LogP contribution in [0.2, 0.25) is 5.02 Å². The zero-order valence-corrected chi connectivity index (χ0v) is 10.6. The van der Waals surface area contributed by atoms with E-state index in [2.05, 4.69) is 5.32 Å². The third kappa shape index (κ3) is 2.79. The standard InChI is InChI=1S/C13H17ClN2O/c1-8-5-6-9(7-11(8)14)16-13(17)10-3-2-4-12(10)15/h5-7,10,12H,2-4,15H2,1H3,(H,16,17). The van der Waals surface area contributed by atoms with Crippen LogP contribution in [-0.2, 0) is 4.79 Å². The van der Waals surface area contributed by atoms with Gasteiger partial charge in [0.05, 0.1) is 5.92 Å². The number of rotatable bonds is 2. The molecule has 0 heterocycles. The fourth-order valence-electron chi connectivity index (χ4n) is 2.22. The van der Waals surface area contributed by atoms with Crippen molar-refractivity contribution in [3.63, 3.8) is 0 Å². The third-order valence-corrected chi connectivity index (χ3v) is 3.75. The van der Waals surface area contributed by atoms with E-state index in [0.717, 1.165) is 30.5 Å². The highest BCUT2D eigenvalue weighted by molar-refractivity contribution is 6.31. The van der Waals surface area contributed by atoms with E-state index in [1.807, 2.05) is 19.1 Å². The Hall–Kier alpha value is -1.06. The molecular weight excluding hydrogens is 236 g/mol. The van der Waals surface area contributed by atoms with E-state index in [1.54, 1.807) is 6.07 Å². The van der Waals surface area contributed by atoms with Crippen LogP contribution in [0.5, 0.6) is 0 Å². The van der Waals surface area contributed by atoms with Crippen molar-refractivity contribution in [3.05, 3.63) is 28.8 Å². The molecule has 2 unspecified atom stereocenters. The van der Waals surface area contributed by atoms with Gasteiger partial charge in [0.25, 0.3) is 0 Å². The number of carbonyl (C=O) groups is 1. The zero-order chi connectivity index (χ0) is 12.4. The van der Waals surface area contributed by atoms with Crippen molar-refractivity contribution in [2.45, 2.75) is 32.2 Å². The van der Waals surface area contributed by atoms with Gasteiger partial charge in [-0.3, -0.25) is 4.79 Å². The van der Waals surface area contributed by atoms with Crippen LogP contribution in [0.25, 0.3) is 0 Å². The Balaban J connectivity index is 2.05. The molecule has 1 saturated carbocycles. The smallest absolute Gasteiger partial charge is 0.229 e. The van der Waals surface area contributed by atoms with Gasteiger partial charge in [-0.15, -0.1) is 0 Å². The molecule has 3 N–H and O–H groups in total. The van der Waals surface area contributed by atoms with E-state index in [1.165, 1.54) is 0 Å². The first-order valence-corrected chi connectivity index (χ1v) is 6.28. The van der Waals surface area contributed by atoms with Gasteiger partial charge < -0.3 is 11.1 Å². The normalized spacial score (nSPS) is 23.7. The van der Waals surface area contributed by atoms with E-state index in [0.29, 0.717) is 5.02 Å². The number of benzene rings is 1. The molecule has 0 spiro atoms. The predicted octanol–water partition coefficient (Wildman–Crippen LogP) is 2.71. The molecule has 2 atom stereocenters. The molecule has 1 aliphatic rings. The van der Waals surface area contributed by atoms with Crippen LogP contribution in [0.3, 0.4) is 0 Å². The second-order valence-electron chi connectivity index (χ2n) is 4.65. The first kappa shape index (κ1) is 12.4. The summed E-state index contributed by atoms with van der Waals surface area (Å²) in [4.78, 5) is 12.0. The molecule has 17 heavy (non-hydrogen) atoms. The topological polar surface area (TPSA) is 55.1 Å². The Morgan fingerprint density at radius 2 is 2.24 bits per heavy atom. The van der Waals surface area contributed by atoms with Crippen LogP contribution in [0.4, 0.5) is 5.69 Å². The molecule has 4 heteroatoms. The molecule has 1 amide bonds. The van der Waals surface area contributed by atoms with E-state index in [-0.39, 0.29) is 17.9 Å². The molecule has 0 aliphatic heterocycles. The minimum Gasteiger partial charge on any atom is -0.327 e. The lowest BCUT2D eigenvalue weighted by atomic mass is 10.0. The zero-order valence-electron chi connectivity index (χ0n) is 9.87. The average Bonchev–Trinajstić information content (AvgIpc) is 2.70. The summed E-state index contributed by atoms with van der Waals surface area (Å²) < 4.78 is 0. The minimum absolute atomic E-state index is 0.00378. The molecule has 2 rings (SSSR count). The minimum atomic E-state index is -0.0601. The number of amides is 1. The van der Waals surface area contributed by atoms with E-state index in [4.69, 9.17) is 17.3 Å². The molecular formula is C13H17ClN2O. The number of hydrogen-bond donors (Lipinski definition) is 2. The number of nitrogens with one attached hydrogen (secondary N) is 1. The van der Waals surface area contributed by atoms with Crippen molar-refractivity contribution in [2.75, 3.05) is 5.32 Å². The molecule has 92 valence electrons. The van der Waals surface area contributed by atoms with Gasteiger partial charge in [0, 0.05) is 16.8 Å². The van der Waals surface area contributed by atoms with Gasteiger partial charge in [-0.25, -0.2) is 0 Å². The molecule has 3 nitrogen and oxygen atoms in total. The Bertz CT molecular complexity index is 433. The number of nitrogens with two attached hydrogens (primary N) is 1. The number of hydrogen-bond acceptors (Lipinski definition) is 2. The van der Waals surface area contributed by atoms with Crippen LogP contribution >= 0.6 is 11.6 Å². The van der Waals surface area contributed by atoms with Gasteiger partial charge >= 0.3 is 0 Å². The van der Waals surface area contributed by atoms with Gasteiger partial charge in [-0.1, -0.05) is 24.1 Å². The van der Waals surface area contributed by atoms with Crippen LogP contribution in [0, 0.1) is 12.8 Å². The highest BCUT2D eigenvalue weighted by Crippen LogP contribution is 2.26. The summed E-state index contributed by atoms with van der Waals surface area (Å²) in [5.41, 5.74) is 7.64. The van der Waals surface area contributed by atoms with Crippen molar-refractivity contribution in [1.82, 2.24) is 0 Å². The molecule has 0 radical (unpaired) electrons. The highest BCUT2D eigenvalue weighted by Gasteiger charge is 2.30. The summed E-state index contributed by atoms with van der Waals surface area (Å²) in [6.07, 6.45) is 2.85. The van der Waals surface area contributed by atoms with E-state index in [9.17, 15) is 4.79 Å². The quantitative estimate of drug-likeness (QED) is 0.850. The number of aryl methyl sites for hydroxylation is 1. The Kier molecular flexibility index (Phi) is 3.69. The maximum absolute atomic E-state index is 12.0. The van der Waals surface area contributed by atoms with Gasteiger partial charge in [-0.05, 0) is 37.5 Å². The Labute approximate surface area is 106 Å². The summed E-state index contributed by atoms with van der Waals surface area (Å²) in [6, 6.07) is 5.53. The van der Waals surface area contributed by atoms with Crippen molar-refractivity contribution in [3.8, 4) is 0 Å². The lowest BCUT2D eigenvalue weighted by molar-refractivity contribution is -0.120. The number of anilines is 1. The summed E-state index contributed by atoms with van der Waals surface area (Å²) in [7, 11) is 0. The van der Waals surface area contributed by atoms with Crippen LogP contribution in [0.15, 0.2) is 18.2 Å². The van der Waals surface area contributed by atoms with Crippen molar-refractivity contribution >= 4 is 23.2 Å². The first-order valence-electron chi connectivity index (χ1n) is 5.90. The molecule has 1 aromatic carbocycles. The van der Waals surface area contributed by atoms with Gasteiger partial charge in [-0.2, -0.15) is 0 Å². The van der Waals surface area contributed by atoms with Crippen LogP contribution in [-0.4, -0.2) is 11.9 Å². The van der Waals surface area contributed by atoms with Crippen molar-refractivity contribution in [1.29, 1.82) is 0 Å². The lowest BCUT2D eigenvalue weighted by Gasteiger charge is -2.15. The molecule has 1 fully saturated rings. The largest absolute Gasteiger partial charge is 0.327 e. The van der Waals surface area contributed by atoms with E-state index < -0.39 is 0 Å². The number of carbonyl (C=O) groups excluding carboxylic acids is 1. The van der Waals surface area contributed by atoms with E-state index >= 15 is 0 Å². The fraction of sp³-hybridized carbons (Fsp3) is 0.462. The maximum atomic E-state index is 12.0. The molecule has 0 bridgehead atoms. The van der Waals surface area contributed by atoms with Gasteiger partial charge in [0.1, 0.15) is 0 Å². The molecule has 1 aliphatic carbocycles. The highest BCUT2D eigenvalue weighted by atomic mass is 35.5. The van der Waals surface area contributed by atoms with Crippen molar-refractivity contribution in [2.24, 2.45) is 11.7 Å².